The van der Waals surface area contributed by atoms with E-state index in [0.29, 0.717) is 6.54 Å². The lowest BCUT2D eigenvalue weighted by Crippen LogP contribution is -2.31. The maximum atomic E-state index is 13.0. The number of anilines is 1. The molecule has 0 saturated heterocycles. The second-order valence-electron chi connectivity index (χ2n) is 4.64. The zero-order valence-corrected chi connectivity index (χ0v) is 12.3. The van der Waals surface area contributed by atoms with Crippen molar-refractivity contribution in [3.8, 4) is 0 Å². The first-order chi connectivity index (χ1) is 9.56. The quantitative estimate of drug-likeness (QED) is 0.917. The van der Waals surface area contributed by atoms with Gasteiger partial charge in [-0.3, -0.25) is 4.79 Å². The van der Waals surface area contributed by atoms with Crippen LogP contribution in [0.3, 0.4) is 0 Å². The van der Waals surface area contributed by atoms with E-state index in [1.807, 2.05) is 24.4 Å². The van der Waals surface area contributed by atoms with Crippen LogP contribution in [0.5, 0.6) is 0 Å². The molecule has 3 nitrogen and oxygen atoms in total. The van der Waals surface area contributed by atoms with Gasteiger partial charge in [-0.05, 0) is 42.1 Å². The third-order valence-corrected chi connectivity index (χ3v) is 3.88. The predicted molar refractivity (Wildman–Crippen MR) is 80.4 cm³/mol. The Balaban J connectivity index is 1.88. The minimum Gasteiger partial charge on any atom is -0.376 e. The Bertz CT molecular complexity index is 584. The Morgan fingerprint density at radius 1 is 1.40 bits per heavy atom. The van der Waals surface area contributed by atoms with Crippen molar-refractivity contribution < 1.29 is 9.18 Å². The van der Waals surface area contributed by atoms with Crippen molar-refractivity contribution in [3.05, 3.63) is 52.0 Å². The van der Waals surface area contributed by atoms with Crippen LogP contribution in [0, 0.1) is 12.7 Å². The Morgan fingerprint density at radius 3 is 2.85 bits per heavy atom. The molecule has 1 heterocycles. The van der Waals surface area contributed by atoms with E-state index in [4.69, 9.17) is 0 Å². The van der Waals surface area contributed by atoms with Crippen LogP contribution in [0.1, 0.15) is 10.4 Å². The maximum absolute atomic E-state index is 13.0. The van der Waals surface area contributed by atoms with Crippen molar-refractivity contribution in [2.45, 2.75) is 13.5 Å². The molecule has 20 heavy (non-hydrogen) atoms. The van der Waals surface area contributed by atoms with Crippen molar-refractivity contribution in [3.63, 3.8) is 0 Å². The first-order valence-electron chi connectivity index (χ1n) is 6.32. The predicted octanol–water partition coefficient (Wildman–Crippen LogP) is 3.27. The highest BCUT2D eigenvalue weighted by molar-refractivity contribution is 7.09. The minimum absolute atomic E-state index is 0.00197. The zero-order chi connectivity index (χ0) is 14.5. The van der Waals surface area contributed by atoms with E-state index in [0.717, 1.165) is 16.1 Å². The molecule has 0 fully saturated rings. The van der Waals surface area contributed by atoms with Gasteiger partial charge in [0.15, 0.2) is 0 Å². The molecule has 0 unspecified atom stereocenters. The van der Waals surface area contributed by atoms with E-state index in [9.17, 15) is 9.18 Å². The molecule has 5 heteroatoms. The molecule has 0 atom stereocenters. The highest BCUT2D eigenvalue weighted by atomic mass is 32.1. The lowest BCUT2D eigenvalue weighted by Gasteiger charge is -2.17. The molecular formula is C15H17FN2OS. The fourth-order valence-corrected chi connectivity index (χ4v) is 2.61. The normalized spacial score (nSPS) is 10.3. The number of halogens is 1. The summed E-state index contributed by atoms with van der Waals surface area (Å²) >= 11 is 1.63. The van der Waals surface area contributed by atoms with Crippen LogP contribution in [0.2, 0.25) is 0 Å². The van der Waals surface area contributed by atoms with Gasteiger partial charge in [-0.2, -0.15) is 0 Å². The topological polar surface area (TPSA) is 32.3 Å². The molecule has 2 aromatic rings. The van der Waals surface area contributed by atoms with Crippen molar-refractivity contribution >= 4 is 22.9 Å². The lowest BCUT2D eigenvalue weighted by atomic mass is 10.2. The number of likely N-dealkylation sites (N-methyl/N-ethyl adjacent to an activating group) is 1. The van der Waals surface area contributed by atoms with Crippen LogP contribution in [0.25, 0.3) is 0 Å². The number of rotatable bonds is 5. The van der Waals surface area contributed by atoms with Gasteiger partial charge in [0, 0.05) is 17.6 Å². The summed E-state index contributed by atoms with van der Waals surface area (Å²) in [5.41, 5.74) is 1.57. The van der Waals surface area contributed by atoms with Gasteiger partial charge in [0.25, 0.3) is 0 Å². The number of aryl methyl sites for hydroxylation is 1. The number of hydrogen-bond donors (Lipinski definition) is 1. The smallest absolute Gasteiger partial charge is 0.241 e. The molecule has 0 bridgehead atoms. The number of carbonyl (C=O) groups excluding carboxylic acids is 1. The molecule has 1 aromatic heterocycles. The van der Waals surface area contributed by atoms with Gasteiger partial charge in [0.1, 0.15) is 5.82 Å². The summed E-state index contributed by atoms with van der Waals surface area (Å²) in [5.74, 6) is -0.267. The van der Waals surface area contributed by atoms with Crippen LogP contribution < -0.4 is 5.32 Å². The van der Waals surface area contributed by atoms with E-state index in [1.165, 1.54) is 12.1 Å². The van der Waals surface area contributed by atoms with Crippen LogP contribution in [0.4, 0.5) is 10.1 Å². The summed E-state index contributed by atoms with van der Waals surface area (Å²) in [5, 5.41) is 5.04. The third-order valence-electron chi connectivity index (χ3n) is 3.02. The van der Waals surface area contributed by atoms with Crippen molar-refractivity contribution in [2.24, 2.45) is 0 Å². The van der Waals surface area contributed by atoms with Gasteiger partial charge in [-0.1, -0.05) is 6.07 Å². The molecule has 1 aromatic carbocycles. The van der Waals surface area contributed by atoms with Crippen molar-refractivity contribution in [1.82, 2.24) is 4.90 Å². The van der Waals surface area contributed by atoms with Crippen molar-refractivity contribution in [1.29, 1.82) is 0 Å². The van der Waals surface area contributed by atoms with E-state index >= 15 is 0 Å². The first kappa shape index (κ1) is 14.5. The maximum Gasteiger partial charge on any atom is 0.241 e. The minimum atomic E-state index is -0.269. The van der Waals surface area contributed by atoms with E-state index in [-0.39, 0.29) is 18.3 Å². The molecule has 0 spiro atoms. The molecule has 106 valence electrons. The average molecular weight is 292 g/mol. The Kier molecular flexibility index (Phi) is 4.74. The molecule has 2 rings (SSSR count). The van der Waals surface area contributed by atoms with E-state index in [2.05, 4.69) is 5.32 Å². The lowest BCUT2D eigenvalue weighted by molar-refractivity contribution is -0.128. The molecular weight excluding hydrogens is 275 g/mol. The molecule has 1 amide bonds. The zero-order valence-electron chi connectivity index (χ0n) is 11.5. The number of thiophene rings is 1. The number of benzene rings is 1. The molecule has 0 aliphatic carbocycles. The fourth-order valence-electron chi connectivity index (χ4n) is 1.86. The van der Waals surface area contributed by atoms with Crippen LogP contribution in [0.15, 0.2) is 35.7 Å². The summed E-state index contributed by atoms with van der Waals surface area (Å²) in [7, 11) is 1.78. The first-order valence-corrected chi connectivity index (χ1v) is 7.20. The van der Waals surface area contributed by atoms with Gasteiger partial charge in [0.2, 0.25) is 5.91 Å². The number of nitrogens with one attached hydrogen (secondary N) is 1. The number of amides is 1. The van der Waals surface area contributed by atoms with Gasteiger partial charge >= 0.3 is 0 Å². The van der Waals surface area contributed by atoms with Crippen molar-refractivity contribution in [2.75, 3.05) is 18.9 Å². The Hall–Kier alpha value is -1.88. The highest BCUT2D eigenvalue weighted by Crippen LogP contribution is 2.15. The molecule has 0 aliphatic rings. The molecule has 0 aliphatic heterocycles. The van der Waals surface area contributed by atoms with E-state index < -0.39 is 0 Å². The average Bonchev–Trinajstić information content (AvgIpc) is 2.90. The summed E-state index contributed by atoms with van der Waals surface area (Å²) in [4.78, 5) is 14.8. The SMILES string of the molecule is Cc1cc(F)ccc1NCC(=O)N(C)Cc1cccs1. The second-order valence-corrected chi connectivity index (χ2v) is 5.67. The van der Waals surface area contributed by atoms with E-state index in [1.54, 1.807) is 29.4 Å². The van der Waals surface area contributed by atoms with Gasteiger partial charge < -0.3 is 10.2 Å². The van der Waals surface area contributed by atoms with Crippen LogP contribution >= 0.6 is 11.3 Å². The summed E-state index contributed by atoms with van der Waals surface area (Å²) in [6.45, 7) is 2.63. The van der Waals surface area contributed by atoms with Gasteiger partial charge in [0.05, 0.1) is 13.1 Å². The number of nitrogens with zero attached hydrogens (tertiary/aromatic N) is 1. The van der Waals surface area contributed by atoms with Gasteiger partial charge in [-0.25, -0.2) is 4.39 Å². The monoisotopic (exact) mass is 292 g/mol. The molecule has 1 N–H and O–H groups in total. The number of carbonyl (C=O) groups is 1. The van der Waals surface area contributed by atoms with Crippen LogP contribution in [-0.2, 0) is 11.3 Å². The highest BCUT2D eigenvalue weighted by Gasteiger charge is 2.10. The fraction of sp³-hybridized carbons (Fsp3) is 0.267. The molecule has 0 saturated carbocycles. The largest absolute Gasteiger partial charge is 0.376 e. The van der Waals surface area contributed by atoms with Gasteiger partial charge in [-0.15, -0.1) is 11.3 Å². The Morgan fingerprint density at radius 2 is 2.20 bits per heavy atom. The Labute approximate surface area is 122 Å². The van der Waals surface area contributed by atoms with Crippen LogP contribution in [-0.4, -0.2) is 24.4 Å². The summed E-state index contributed by atoms with van der Waals surface area (Å²) < 4.78 is 13.0. The summed E-state index contributed by atoms with van der Waals surface area (Å²) in [6, 6.07) is 8.46. The molecule has 0 radical (unpaired) electrons. The number of hydrogen-bond acceptors (Lipinski definition) is 3. The second kappa shape index (κ2) is 6.52. The standard InChI is InChI=1S/C15H17FN2OS/c1-11-8-12(16)5-6-14(11)17-9-15(19)18(2)10-13-4-3-7-20-13/h3-8,17H,9-10H2,1-2H3. The third kappa shape index (κ3) is 3.81. The summed E-state index contributed by atoms with van der Waals surface area (Å²) in [6.07, 6.45) is 0.